The fraction of sp³-hybridized carbons (Fsp3) is 0.143. The number of halogens is 1. The summed E-state index contributed by atoms with van der Waals surface area (Å²) in [4.78, 5) is 14.2. The topological polar surface area (TPSA) is 50.2 Å². The highest BCUT2D eigenvalue weighted by molar-refractivity contribution is 14.0. The van der Waals surface area contributed by atoms with Gasteiger partial charge in [0.25, 0.3) is 0 Å². The summed E-state index contributed by atoms with van der Waals surface area (Å²) in [6.07, 6.45) is 1.57. The maximum atomic E-state index is 10.4. The summed E-state index contributed by atoms with van der Waals surface area (Å²) in [5.41, 5.74) is 0.817. The first-order valence-electron chi connectivity index (χ1n) is 2.86. The van der Waals surface area contributed by atoms with E-state index in [2.05, 4.69) is 4.98 Å². The lowest BCUT2D eigenvalue weighted by molar-refractivity contribution is 0.0695. The average molecular weight is 265 g/mol. The molecule has 0 aliphatic carbocycles. The first-order chi connectivity index (χ1) is 4.72. The van der Waals surface area contributed by atoms with E-state index in [-0.39, 0.29) is 29.5 Å². The Morgan fingerprint density at radius 2 is 2.27 bits per heavy atom. The zero-order chi connectivity index (χ0) is 7.56. The standard InChI is InChI=1S/C7H7NO2.HI/c1-5-6(7(9)10)3-2-4-8-5;/h2-4H,1H3,(H,9,10);1H. The van der Waals surface area contributed by atoms with E-state index < -0.39 is 5.97 Å². The van der Waals surface area contributed by atoms with Gasteiger partial charge in [0.2, 0.25) is 0 Å². The van der Waals surface area contributed by atoms with Crippen molar-refractivity contribution in [3.8, 4) is 0 Å². The smallest absolute Gasteiger partial charge is 0.337 e. The molecule has 1 heterocycles. The molecule has 0 aliphatic heterocycles. The summed E-state index contributed by atoms with van der Waals surface area (Å²) in [7, 11) is 0. The Hall–Kier alpha value is -0.650. The highest BCUT2D eigenvalue weighted by atomic mass is 127. The Balaban J connectivity index is 0.000001000. The van der Waals surface area contributed by atoms with E-state index in [9.17, 15) is 4.79 Å². The van der Waals surface area contributed by atoms with Crippen LogP contribution in [0.25, 0.3) is 0 Å². The molecule has 60 valence electrons. The van der Waals surface area contributed by atoms with Crippen molar-refractivity contribution >= 4 is 29.9 Å². The molecular formula is C7H8INO2. The van der Waals surface area contributed by atoms with Gasteiger partial charge in [-0.1, -0.05) is 0 Å². The second-order valence-electron chi connectivity index (χ2n) is 1.94. The molecule has 1 N–H and O–H groups in total. The van der Waals surface area contributed by atoms with Gasteiger partial charge in [0.05, 0.1) is 11.3 Å². The van der Waals surface area contributed by atoms with E-state index >= 15 is 0 Å². The Labute approximate surface area is 81.5 Å². The molecule has 0 saturated carbocycles. The number of aryl methyl sites for hydroxylation is 1. The van der Waals surface area contributed by atoms with Gasteiger partial charge in [-0.25, -0.2) is 4.79 Å². The number of rotatable bonds is 1. The van der Waals surface area contributed by atoms with Crippen LogP contribution < -0.4 is 0 Å². The summed E-state index contributed by atoms with van der Waals surface area (Å²) < 4.78 is 0. The molecule has 0 unspecified atom stereocenters. The zero-order valence-corrected chi connectivity index (χ0v) is 8.27. The average Bonchev–Trinajstić information content (AvgIpc) is 1.88. The number of carboxylic acids is 1. The number of aromatic carboxylic acids is 1. The molecule has 0 fully saturated rings. The highest BCUT2D eigenvalue weighted by Crippen LogP contribution is 2.01. The number of carbonyl (C=O) groups is 1. The van der Waals surface area contributed by atoms with Crippen LogP contribution in [0.3, 0.4) is 0 Å². The second-order valence-corrected chi connectivity index (χ2v) is 1.94. The van der Waals surface area contributed by atoms with Crippen molar-refractivity contribution in [1.82, 2.24) is 4.98 Å². The van der Waals surface area contributed by atoms with Gasteiger partial charge in [-0.2, -0.15) is 0 Å². The van der Waals surface area contributed by atoms with Crippen LogP contribution in [0.1, 0.15) is 16.1 Å². The third kappa shape index (κ3) is 2.45. The molecule has 0 amide bonds. The van der Waals surface area contributed by atoms with Gasteiger partial charge in [0.1, 0.15) is 0 Å². The molecule has 1 aromatic heterocycles. The van der Waals surface area contributed by atoms with Crippen molar-refractivity contribution in [1.29, 1.82) is 0 Å². The van der Waals surface area contributed by atoms with Crippen molar-refractivity contribution in [2.24, 2.45) is 0 Å². The van der Waals surface area contributed by atoms with Crippen molar-refractivity contribution in [2.75, 3.05) is 0 Å². The van der Waals surface area contributed by atoms with Gasteiger partial charge in [-0.15, -0.1) is 24.0 Å². The molecule has 11 heavy (non-hydrogen) atoms. The maximum absolute atomic E-state index is 10.4. The third-order valence-corrected chi connectivity index (χ3v) is 1.24. The number of carboxylic acid groups (broad SMARTS) is 1. The molecule has 1 rings (SSSR count). The zero-order valence-electron chi connectivity index (χ0n) is 5.94. The largest absolute Gasteiger partial charge is 0.478 e. The Morgan fingerprint density at radius 3 is 2.64 bits per heavy atom. The summed E-state index contributed by atoms with van der Waals surface area (Å²) in [6, 6.07) is 3.14. The van der Waals surface area contributed by atoms with Gasteiger partial charge < -0.3 is 5.11 Å². The lowest BCUT2D eigenvalue weighted by atomic mass is 10.2. The van der Waals surface area contributed by atoms with E-state index in [1.165, 1.54) is 6.07 Å². The van der Waals surface area contributed by atoms with Crippen LogP contribution in [0.15, 0.2) is 18.3 Å². The SMILES string of the molecule is Cc1ncccc1C(=O)O.I. The van der Waals surface area contributed by atoms with E-state index in [1.807, 2.05) is 0 Å². The third-order valence-electron chi connectivity index (χ3n) is 1.24. The summed E-state index contributed by atoms with van der Waals surface area (Å²) >= 11 is 0. The molecule has 0 radical (unpaired) electrons. The Kier molecular flexibility index (Phi) is 4.02. The number of pyridine rings is 1. The van der Waals surface area contributed by atoms with Gasteiger partial charge in [0, 0.05) is 6.20 Å². The minimum atomic E-state index is -0.925. The normalized spacial score (nSPS) is 8.45. The highest BCUT2D eigenvalue weighted by Gasteiger charge is 2.04. The minimum absolute atomic E-state index is 0. The molecule has 0 atom stereocenters. The summed E-state index contributed by atoms with van der Waals surface area (Å²) in [5, 5.41) is 8.53. The Morgan fingerprint density at radius 1 is 1.64 bits per heavy atom. The molecule has 0 bridgehead atoms. The van der Waals surface area contributed by atoms with E-state index in [1.54, 1.807) is 19.2 Å². The lowest BCUT2D eigenvalue weighted by Crippen LogP contribution is -2.00. The predicted octanol–water partition coefficient (Wildman–Crippen LogP) is 1.71. The van der Waals surface area contributed by atoms with Crippen LogP contribution in [0.2, 0.25) is 0 Å². The van der Waals surface area contributed by atoms with Crippen molar-refractivity contribution < 1.29 is 9.90 Å². The van der Waals surface area contributed by atoms with Crippen LogP contribution in [-0.4, -0.2) is 16.1 Å². The van der Waals surface area contributed by atoms with E-state index in [4.69, 9.17) is 5.11 Å². The fourth-order valence-electron chi connectivity index (χ4n) is 0.710. The van der Waals surface area contributed by atoms with Gasteiger partial charge in [-0.05, 0) is 19.1 Å². The van der Waals surface area contributed by atoms with E-state index in [0.29, 0.717) is 5.69 Å². The van der Waals surface area contributed by atoms with Gasteiger partial charge in [0.15, 0.2) is 0 Å². The van der Waals surface area contributed by atoms with Crippen molar-refractivity contribution in [3.63, 3.8) is 0 Å². The summed E-state index contributed by atoms with van der Waals surface area (Å²) in [5.74, 6) is -0.925. The van der Waals surface area contributed by atoms with E-state index in [0.717, 1.165) is 0 Å². The molecule has 4 heteroatoms. The van der Waals surface area contributed by atoms with Crippen LogP contribution in [0, 0.1) is 6.92 Å². The van der Waals surface area contributed by atoms with Crippen LogP contribution in [-0.2, 0) is 0 Å². The fourth-order valence-corrected chi connectivity index (χ4v) is 0.710. The first kappa shape index (κ1) is 10.3. The monoisotopic (exact) mass is 265 g/mol. The van der Waals surface area contributed by atoms with Gasteiger partial charge in [-0.3, -0.25) is 4.98 Å². The van der Waals surface area contributed by atoms with Crippen LogP contribution in [0.5, 0.6) is 0 Å². The van der Waals surface area contributed by atoms with Crippen molar-refractivity contribution in [2.45, 2.75) is 6.92 Å². The quantitative estimate of drug-likeness (QED) is 0.786. The van der Waals surface area contributed by atoms with Crippen molar-refractivity contribution in [3.05, 3.63) is 29.6 Å². The maximum Gasteiger partial charge on any atom is 0.337 e. The molecule has 0 aliphatic rings. The van der Waals surface area contributed by atoms with Gasteiger partial charge >= 0.3 is 5.97 Å². The lowest BCUT2D eigenvalue weighted by Gasteiger charge is -1.95. The molecule has 0 aromatic carbocycles. The molecule has 1 aromatic rings. The Bertz CT molecular complexity index is 262. The summed E-state index contributed by atoms with van der Waals surface area (Å²) in [6.45, 7) is 1.67. The van der Waals surface area contributed by atoms with Crippen LogP contribution >= 0.6 is 24.0 Å². The second kappa shape index (κ2) is 4.27. The molecular weight excluding hydrogens is 257 g/mol. The predicted molar refractivity (Wildman–Crippen MR) is 51.3 cm³/mol. The minimum Gasteiger partial charge on any atom is -0.478 e. The number of hydrogen-bond acceptors (Lipinski definition) is 2. The number of nitrogens with zero attached hydrogens (tertiary/aromatic N) is 1. The number of hydrogen-bond donors (Lipinski definition) is 1. The first-order valence-corrected chi connectivity index (χ1v) is 2.86. The molecule has 0 saturated heterocycles. The van der Waals surface area contributed by atoms with Crippen LogP contribution in [0.4, 0.5) is 0 Å². The molecule has 3 nitrogen and oxygen atoms in total. The number of aromatic nitrogens is 1. The molecule has 0 spiro atoms.